The molecule has 20 heavy (non-hydrogen) atoms. The summed E-state index contributed by atoms with van der Waals surface area (Å²) in [6.45, 7) is 0.206. The fraction of sp³-hybridized carbons (Fsp3) is 0.154. The zero-order valence-corrected chi connectivity index (χ0v) is 11.6. The molecular formula is C13H13N3O3S. The summed E-state index contributed by atoms with van der Waals surface area (Å²) in [6.07, 6.45) is 6.97. The third-order valence-electron chi connectivity index (χ3n) is 2.59. The van der Waals surface area contributed by atoms with Gasteiger partial charge < -0.3 is 5.32 Å². The standard InChI is InChI=1S/C13H13N3O3S/c1-20(18,19)12-6-10(7-15-9-12)8-16-13(17)11-2-4-14-5-3-11/h2-7,9H,8H2,1H3,(H,16,17). The number of hydrogen-bond donors (Lipinski definition) is 1. The summed E-state index contributed by atoms with van der Waals surface area (Å²) in [5, 5.41) is 2.69. The first-order valence-electron chi connectivity index (χ1n) is 5.79. The van der Waals surface area contributed by atoms with Crippen LogP contribution in [0.4, 0.5) is 0 Å². The van der Waals surface area contributed by atoms with Gasteiger partial charge in [-0.2, -0.15) is 0 Å². The van der Waals surface area contributed by atoms with Crippen LogP contribution in [0.25, 0.3) is 0 Å². The van der Waals surface area contributed by atoms with Crippen molar-refractivity contribution in [3.8, 4) is 0 Å². The van der Waals surface area contributed by atoms with Gasteiger partial charge in [0.2, 0.25) is 0 Å². The van der Waals surface area contributed by atoms with Crippen LogP contribution in [0.5, 0.6) is 0 Å². The van der Waals surface area contributed by atoms with Crippen LogP contribution in [0.3, 0.4) is 0 Å². The fourth-order valence-electron chi connectivity index (χ4n) is 1.55. The molecule has 0 atom stereocenters. The average molecular weight is 291 g/mol. The number of aromatic nitrogens is 2. The summed E-state index contributed by atoms with van der Waals surface area (Å²) in [5.41, 5.74) is 1.11. The summed E-state index contributed by atoms with van der Waals surface area (Å²) >= 11 is 0. The molecule has 0 aliphatic heterocycles. The van der Waals surface area contributed by atoms with Crippen molar-refractivity contribution in [1.82, 2.24) is 15.3 Å². The van der Waals surface area contributed by atoms with Crippen molar-refractivity contribution in [3.05, 3.63) is 54.1 Å². The Morgan fingerprint density at radius 1 is 1.20 bits per heavy atom. The van der Waals surface area contributed by atoms with E-state index in [1.165, 1.54) is 30.9 Å². The average Bonchev–Trinajstić information content (AvgIpc) is 2.45. The maximum absolute atomic E-state index is 11.8. The number of hydrogen-bond acceptors (Lipinski definition) is 5. The molecule has 1 N–H and O–H groups in total. The van der Waals surface area contributed by atoms with E-state index in [0.717, 1.165) is 6.26 Å². The van der Waals surface area contributed by atoms with E-state index < -0.39 is 9.84 Å². The number of nitrogens with zero attached hydrogens (tertiary/aromatic N) is 2. The van der Waals surface area contributed by atoms with Crippen molar-refractivity contribution >= 4 is 15.7 Å². The molecule has 0 radical (unpaired) electrons. The first-order chi connectivity index (χ1) is 9.47. The van der Waals surface area contributed by atoms with E-state index in [1.54, 1.807) is 12.1 Å². The topological polar surface area (TPSA) is 89.0 Å². The minimum Gasteiger partial charge on any atom is -0.348 e. The Morgan fingerprint density at radius 3 is 2.55 bits per heavy atom. The molecule has 2 aromatic heterocycles. The summed E-state index contributed by atoms with van der Waals surface area (Å²) in [6, 6.07) is 4.69. The zero-order valence-electron chi connectivity index (χ0n) is 10.8. The fourth-order valence-corrected chi connectivity index (χ4v) is 2.17. The van der Waals surface area contributed by atoms with Crippen LogP contribution in [0, 0.1) is 0 Å². The summed E-state index contributed by atoms with van der Waals surface area (Å²) in [4.78, 5) is 19.6. The lowest BCUT2D eigenvalue weighted by atomic mass is 10.2. The van der Waals surface area contributed by atoms with Crippen LogP contribution in [-0.2, 0) is 16.4 Å². The summed E-state index contributed by atoms with van der Waals surface area (Å²) in [5.74, 6) is -0.253. The second kappa shape index (κ2) is 5.79. The van der Waals surface area contributed by atoms with Gasteiger partial charge in [0.05, 0.1) is 4.90 Å². The third-order valence-corrected chi connectivity index (χ3v) is 3.67. The van der Waals surface area contributed by atoms with Crippen molar-refractivity contribution in [2.75, 3.05) is 6.26 Å². The van der Waals surface area contributed by atoms with Gasteiger partial charge in [0.25, 0.3) is 5.91 Å². The van der Waals surface area contributed by atoms with Gasteiger partial charge in [-0.3, -0.25) is 14.8 Å². The second-order valence-electron chi connectivity index (χ2n) is 4.22. The molecule has 7 heteroatoms. The summed E-state index contributed by atoms with van der Waals surface area (Å²) < 4.78 is 22.8. The Kier molecular flexibility index (Phi) is 4.09. The van der Waals surface area contributed by atoms with Crippen LogP contribution in [-0.4, -0.2) is 30.5 Å². The highest BCUT2D eigenvalue weighted by atomic mass is 32.2. The highest BCUT2D eigenvalue weighted by Gasteiger charge is 2.09. The van der Waals surface area contributed by atoms with Gasteiger partial charge in [-0.05, 0) is 23.8 Å². The van der Waals surface area contributed by atoms with Crippen molar-refractivity contribution in [3.63, 3.8) is 0 Å². The monoisotopic (exact) mass is 291 g/mol. The molecule has 104 valence electrons. The van der Waals surface area contributed by atoms with E-state index in [1.807, 2.05) is 0 Å². The van der Waals surface area contributed by atoms with Gasteiger partial charge in [0.15, 0.2) is 9.84 Å². The lowest BCUT2D eigenvalue weighted by Crippen LogP contribution is -2.22. The van der Waals surface area contributed by atoms with Crippen LogP contribution in [0.1, 0.15) is 15.9 Å². The van der Waals surface area contributed by atoms with Gasteiger partial charge >= 0.3 is 0 Å². The number of amides is 1. The molecule has 0 aromatic carbocycles. The lowest BCUT2D eigenvalue weighted by molar-refractivity contribution is 0.0950. The van der Waals surface area contributed by atoms with E-state index in [0.29, 0.717) is 11.1 Å². The van der Waals surface area contributed by atoms with Gasteiger partial charge in [-0.25, -0.2) is 8.42 Å². The number of sulfone groups is 1. The maximum Gasteiger partial charge on any atom is 0.251 e. The Balaban J connectivity index is 2.07. The molecule has 2 aromatic rings. The van der Waals surface area contributed by atoms with Gasteiger partial charge in [0, 0.05) is 43.2 Å². The predicted octanol–water partition coefficient (Wildman–Crippen LogP) is 0.810. The number of nitrogens with one attached hydrogen (secondary N) is 1. The number of carbonyl (C=O) groups excluding carboxylic acids is 1. The molecular weight excluding hydrogens is 278 g/mol. The predicted molar refractivity (Wildman–Crippen MR) is 72.8 cm³/mol. The molecule has 0 saturated carbocycles. The molecule has 0 aliphatic rings. The number of rotatable bonds is 4. The van der Waals surface area contributed by atoms with Gasteiger partial charge in [-0.15, -0.1) is 0 Å². The van der Waals surface area contributed by atoms with Crippen LogP contribution >= 0.6 is 0 Å². The molecule has 0 bridgehead atoms. The van der Waals surface area contributed by atoms with Crippen molar-refractivity contribution in [2.24, 2.45) is 0 Å². The second-order valence-corrected chi connectivity index (χ2v) is 6.24. The highest BCUT2D eigenvalue weighted by Crippen LogP contribution is 2.09. The van der Waals surface area contributed by atoms with E-state index in [9.17, 15) is 13.2 Å². The smallest absolute Gasteiger partial charge is 0.251 e. The van der Waals surface area contributed by atoms with Gasteiger partial charge in [-0.1, -0.05) is 0 Å². The summed E-state index contributed by atoms with van der Waals surface area (Å²) in [7, 11) is -3.30. The van der Waals surface area contributed by atoms with Crippen LogP contribution in [0.15, 0.2) is 47.9 Å². The number of carbonyl (C=O) groups is 1. The van der Waals surface area contributed by atoms with E-state index in [-0.39, 0.29) is 17.3 Å². The molecule has 1 amide bonds. The highest BCUT2D eigenvalue weighted by molar-refractivity contribution is 7.90. The Morgan fingerprint density at radius 2 is 1.90 bits per heavy atom. The maximum atomic E-state index is 11.8. The molecule has 6 nitrogen and oxygen atoms in total. The Bertz CT molecular complexity index is 715. The quantitative estimate of drug-likeness (QED) is 0.900. The molecule has 0 spiro atoms. The molecule has 0 aliphatic carbocycles. The van der Waals surface area contributed by atoms with E-state index in [4.69, 9.17) is 0 Å². The first kappa shape index (κ1) is 14.1. The number of pyridine rings is 2. The van der Waals surface area contributed by atoms with Crippen LogP contribution < -0.4 is 5.32 Å². The molecule has 0 fully saturated rings. The van der Waals surface area contributed by atoms with Crippen molar-refractivity contribution < 1.29 is 13.2 Å². The van der Waals surface area contributed by atoms with E-state index >= 15 is 0 Å². The van der Waals surface area contributed by atoms with Crippen molar-refractivity contribution in [1.29, 1.82) is 0 Å². The SMILES string of the molecule is CS(=O)(=O)c1cncc(CNC(=O)c2ccncc2)c1. The largest absolute Gasteiger partial charge is 0.348 e. The molecule has 2 heterocycles. The molecule has 0 unspecified atom stereocenters. The Hall–Kier alpha value is -2.28. The Labute approximate surface area is 116 Å². The minimum absolute atomic E-state index is 0.133. The molecule has 0 saturated heterocycles. The zero-order chi connectivity index (χ0) is 14.6. The normalized spacial score (nSPS) is 11.1. The minimum atomic E-state index is -3.30. The lowest BCUT2D eigenvalue weighted by Gasteiger charge is -2.06. The first-order valence-corrected chi connectivity index (χ1v) is 7.68. The van der Waals surface area contributed by atoms with Gasteiger partial charge in [0.1, 0.15) is 0 Å². The van der Waals surface area contributed by atoms with Crippen LogP contribution in [0.2, 0.25) is 0 Å². The third kappa shape index (κ3) is 3.61. The van der Waals surface area contributed by atoms with Crippen molar-refractivity contribution in [2.45, 2.75) is 11.4 Å². The molecule has 2 rings (SSSR count). The van der Waals surface area contributed by atoms with E-state index in [2.05, 4.69) is 15.3 Å².